The third-order valence-electron chi connectivity index (χ3n) is 2.51. The molecule has 1 saturated heterocycles. The fraction of sp³-hybridized carbons (Fsp3) is 0.889. The van der Waals surface area contributed by atoms with E-state index in [4.69, 9.17) is 0 Å². The van der Waals surface area contributed by atoms with Gasteiger partial charge in [-0.3, -0.25) is 4.79 Å². The summed E-state index contributed by atoms with van der Waals surface area (Å²) in [7, 11) is 1.77. The molecule has 1 rings (SSSR count). The topological polar surface area (TPSA) is 52.6 Å². The number of piperidine rings is 1. The average molecular weight is 186 g/mol. The molecule has 1 fully saturated rings. The van der Waals surface area contributed by atoms with Gasteiger partial charge in [0.2, 0.25) is 5.91 Å². The number of nitrogens with zero attached hydrogens (tertiary/aromatic N) is 1. The van der Waals surface area contributed by atoms with Crippen molar-refractivity contribution in [3.05, 3.63) is 0 Å². The molecule has 13 heavy (non-hydrogen) atoms. The normalized spacial score (nSPS) is 25.8. The van der Waals surface area contributed by atoms with Crippen molar-refractivity contribution < 1.29 is 9.90 Å². The molecule has 4 nitrogen and oxygen atoms in total. The first-order chi connectivity index (χ1) is 6.15. The fourth-order valence-electron chi connectivity index (χ4n) is 1.55. The van der Waals surface area contributed by atoms with Crippen LogP contribution in [-0.2, 0) is 4.79 Å². The summed E-state index contributed by atoms with van der Waals surface area (Å²) in [4.78, 5) is 13.4. The van der Waals surface area contributed by atoms with E-state index < -0.39 is 0 Å². The molecule has 0 aromatic rings. The molecule has 0 radical (unpaired) electrons. The lowest BCUT2D eigenvalue weighted by atomic mass is 10.1. The monoisotopic (exact) mass is 186 g/mol. The molecule has 1 heterocycles. The molecule has 1 amide bonds. The van der Waals surface area contributed by atoms with Gasteiger partial charge in [0.1, 0.15) is 0 Å². The van der Waals surface area contributed by atoms with Crippen LogP contribution in [0.2, 0.25) is 0 Å². The molecule has 0 aromatic carbocycles. The summed E-state index contributed by atoms with van der Waals surface area (Å²) in [6.07, 6.45) is 1.39. The van der Waals surface area contributed by atoms with Crippen molar-refractivity contribution in [1.29, 1.82) is 0 Å². The standard InChI is InChI=1S/C9H18N2O2/c1-7(10-2)9(13)11-5-3-4-8(12)6-11/h7-8,10,12H,3-6H2,1-2H3. The molecule has 1 aliphatic heterocycles. The second-order valence-electron chi connectivity index (χ2n) is 3.59. The number of aliphatic hydroxyl groups is 1. The van der Waals surface area contributed by atoms with Gasteiger partial charge in [-0.2, -0.15) is 0 Å². The van der Waals surface area contributed by atoms with E-state index in [0.29, 0.717) is 6.54 Å². The van der Waals surface area contributed by atoms with Crippen LogP contribution >= 0.6 is 0 Å². The highest BCUT2D eigenvalue weighted by Crippen LogP contribution is 2.10. The highest BCUT2D eigenvalue weighted by atomic mass is 16.3. The van der Waals surface area contributed by atoms with Gasteiger partial charge in [-0.1, -0.05) is 0 Å². The molecular weight excluding hydrogens is 168 g/mol. The van der Waals surface area contributed by atoms with Crippen LogP contribution in [0.5, 0.6) is 0 Å². The van der Waals surface area contributed by atoms with Crippen molar-refractivity contribution in [3.63, 3.8) is 0 Å². The Morgan fingerprint density at radius 1 is 1.69 bits per heavy atom. The quantitative estimate of drug-likeness (QED) is 0.615. The van der Waals surface area contributed by atoms with Crippen molar-refractivity contribution in [1.82, 2.24) is 10.2 Å². The molecule has 4 heteroatoms. The van der Waals surface area contributed by atoms with E-state index in [2.05, 4.69) is 5.32 Å². The van der Waals surface area contributed by atoms with Gasteiger partial charge in [-0.25, -0.2) is 0 Å². The number of amides is 1. The van der Waals surface area contributed by atoms with Crippen LogP contribution in [0.3, 0.4) is 0 Å². The van der Waals surface area contributed by atoms with E-state index in [1.807, 2.05) is 6.92 Å². The molecule has 2 N–H and O–H groups in total. The number of aliphatic hydroxyl groups excluding tert-OH is 1. The molecule has 0 saturated carbocycles. The summed E-state index contributed by atoms with van der Waals surface area (Å²) in [6, 6.07) is -0.148. The minimum atomic E-state index is -0.332. The third kappa shape index (κ3) is 2.67. The lowest BCUT2D eigenvalue weighted by Gasteiger charge is -2.31. The van der Waals surface area contributed by atoms with Crippen molar-refractivity contribution in [2.75, 3.05) is 20.1 Å². The Morgan fingerprint density at radius 3 is 2.92 bits per heavy atom. The lowest BCUT2D eigenvalue weighted by Crippen LogP contribution is -2.49. The summed E-state index contributed by atoms with van der Waals surface area (Å²) in [5.74, 6) is 0.0845. The van der Waals surface area contributed by atoms with Crippen LogP contribution in [-0.4, -0.2) is 48.2 Å². The number of likely N-dealkylation sites (tertiary alicyclic amines) is 1. The van der Waals surface area contributed by atoms with Crippen molar-refractivity contribution in [2.24, 2.45) is 0 Å². The van der Waals surface area contributed by atoms with Gasteiger partial charge in [-0.05, 0) is 26.8 Å². The summed E-state index contributed by atoms with van der Waals surface area (Å²) in [6.45, 7) is 3.11. The fourth-order valence-corrected chi connectivity index (χ4v) is 1.55. The number of carbonyl (C=O) groups excluding carboxylic acids is 1. The zero-order valence-electron chi connectivity index (χ0n) is 8.29. The molecule has 2 atom stereocenters. The first-order valence-electron chi connectivity index (χ1n) is 4.79. The van der Waals surface area contributed by atoms with Gasteiger partial charge in [0, 0.05) is 13.1 Å². The zero-order chi connectivity index (χ0) is 9.84. The summed E-state index contributed by atoms with van der Waals surface area (Å²) in [5.41, 5.74) is 0. The maximum atomic E-state index is 11.6. The first kappa shape index (κ1) is 10.5. The van der Waals surface area contributed by atoms with Gasteiger partial charge < -0.3 is 15.3 Å². The van der Waals surface area contributed by atoms with Crippen molar-refractivity contribution in [2.45, 2.75) is 31.9 Å². The Hall–Kier alpha value is -0.610. The average Bonchev–Trinajstić information content (AvgIpc) is 2.15. The van der Waals surface area contributed by atoms with E-state index in [1.54, 1.807) is 11.9 Å². The predicted molar refractivity (Wildman–Crippen MR) is 50.3 cm³/mol. The number of hydrogen-bond donors (Lipinski definition) is 2. The van der Waals surface area contributed by atoms with E-state index in [9.17, 15) is 9.90 Å². The number of β-amino-alcohol motifs (C(OH)–C–C–N with tert-alkyl or cyclic N) is 1. The van der Waals surface area contributed by atoms with E-state index in [1.165, 1.54) is 0 Å². The summed E-state index contributed by atoms with van der Waals surface area (Å²) < 4.78 is 0. The van der Waals surface area contributed by atoms with Gasteiger partial charge in [0.25, 0.3) is 0 Å². The van der Waals surface area contributed by atoms with Gasteiger partial charge in [0.05, 0.1) is 12.1 Å². The third-order valence-corrected chi connectivity index (χ3v) is 2.51. The molecule has 0 spiro atoms. The van der Waals surface area contributed by atoms with Crippen LogP contribution in [0.15, 0.2) is 0 Å². The summed E-state index contributed by atoms with van der Waals surface area (Å²) >= 11 is 0. The van der Waals surface area contributed by atoms with Crippen LogP contribution in [0.25, 0.3) is 0 Å². The van der Waals surface area contributed by atoms with Gasteiger partial charge in [0.15, 0.2) is 0 Å². The van der Waals surface area contributed by atoms with Gasteiger partial charge >= 0.3 is 0 Å². The molecular formula is C9H18N2O2. The van der Waals surface area contributed by atoms with E-state index in [0.717, 1.165) is 19.4 Å². The SMILES string of the molecule is CNC(C)C(=O)N1CCCC(O)C1. The van der Waals surface area contributed by atoms with Crippen LogP contribution in [0.4, 0.5) is 0 Å². The second-order valence-corrected chi connectivity index (χ2v) is 3.59. The Bertz CT molecular complexity index is 184. The minimum Gasteiger partial charge on any atom is -0.391 e. The van der Waals surface area contributed by atoms with Crippen LogP contribution < -0.4 is 5.32 Å². The molecule has 0 aromatic heterocycles. The number of hydrogen-bond acceptors (Lipinski definition) is 3. The number of nitrogens with one attached hydrogen (secondary N) is 1. The highest BCUT2D eigenvalue weighted by Gasteiger charge is 2.24. The summed E-state index contributed by atoms with van der Waals surface area (Å²) in [5, 5.41) is 12.3. The first-order valence-corrected chi connectivity index (χ1v) is 4.79. The Kier molecular flexibility index (Phi) is 3.69. The zero-order valence-corrected chi connectivity index (χ0v) is 8.29. The van der Waals surface area contributed by atoms with Crippen molar-refractivity contribution >= 4 is 5.91 Å². The lowest BCUT2D eigenvalue weighted by molar-refractivity contribution is -0.135. The Balaban J connectivity index is 2.46. The number of rotatable bonds is 2. The number of likely N-dealkylation sites (N-methyl/N-ethyl adjacent to an activating group) is 1. The molecule has 0 bridgehead atoms. The second kappa shape index (κ2) is 4.58. The molecule has 2 unspecified atom stereocenters. The maximum Gasteiger partial charge on any atom is 0.239 e. The molecule has 1 aliphatic rings. The van der Waals surface area contributed by atoms with Crippen LogP contribution in [0, 0.1) is 0 Å². The van der Waals surface area contributed by atoms with E-state index >= 15 is 0 Å². The molecule has 76 valence electrons. The smallest absolute Gasteiger partial charge is 0.239 e. The Labute approximate surface area is 78.9 Å². The highest BCUT2D eigenvalue weighted by molar-refractivity contribution is 5.81. The maximum absolute atomic E-state index is 11.6. The molecule has 0 aliphatic carbocycles. The van der Waals surface area contributed by atoms with Crippen LogP contribution in [0.1, 0.15) is 19.8 Å². The van der Waals surface area contributed by atoms with Crippen molar-refractivity contribution in [3.8, 4) is 0 Å². The Morgan fingerprint density at radius 2 is 2.38 bits per heavy atom. The number of carbonyl (C=O) groups is 1. The van der Waals surface area contributed by atoms with Gasteiger partial charge in [-0.15, -0.1) is 0 Å². The van der Waals surface area contributed by atoms with E-state index in [-0.39, 0.29) is 18.1 Å². The predicted octanol–water partition coefficient (Wildman–Crippen LogP) is -0.422. The minimum absolute atomic E-state index is 0.0845. The largest absolute Gasteiger partial charge is 0.391 e.